The molecule has 0 radical (unpaired) electrons. The number of carbonyl (C=O) groups excluding carboxylic acids is 1. The van der Waals surface area contributed by atoms with Crippen LogP contribution >= 0.6 is 0 Å². The number of nitrogens with one attached hydrogen (secondary N) is 1. The second-order valence-corrected chi connectivity index (χ2v) is 8.10. The number of halogens is 6. The first-order valence-electron chi connectivity index (χ1n) is 7.30. The Labute approximate surface area is 148 Å². The standard InChI is InChI=1S/C12H12F6N4O4S/c1-21-7(2-6(20-21)11(13,14)15)27(24,25)22-5-10(3-19-4-10)8(22)26-9(23)12(16,17)18/h2,8,19H,3-5H2,1H3. The van der Waals surface area contributed by atoms with E-state index in [1.165, 1.54) is 0 Å². The molecule has 1 atom stereocenters. The van der Waals surface area contributed by atoms with Crippen LogP contribution in [0.2, 0.25) is 0 Å². The van der Waals surface area contributed by atoms with Gasteiger partial charge in [0.15, 0.2) is 16.9 Å². The number of aryl methyl sites for hydroxylation is 1. The Hall–Kier alpha value is -1.87. The molecule has 2 saturated heterocycles. The number of nitrogens with zero attached hydrogens (tertiary/aromatic N) is 3. The summed E-state index contributed by atoms with van der Waals surface area (Å²) in [4.78, 5) is 11.2. The van der Waals surface area contributed by atoms with Gasteiger partial charge in [0.1, 0.15) is 0 Å². The molecular formula is C12H12F6N4O4S. The quantitative estimate of drug-likeness (QED) is 0.562. The van der Waals surface area contributed by atoms with Crippen LogP contribution < -0.4 is 5.32 Å². The van der Waals surface area contributed by atoms with Crippen LogP contribution in [0.25, 0.3) is 0 Å². The summed E-state index contributed by atoms with van der Waals surface area (Å²) in [5.41, 5.74) is -2.53. The largest absolute Gasteiger partial charge is 0.490 e. The van der Waals surface area contributed by atoms with Crippen LogP contribution in [0.4, 0.5) is 26.3 Å². The van der Waals surface area contributed by atoms with Gasteiger partial charge in [0, 0.05) is 32.7 Å². The predicted molar refractivity (Wildman–Crippen MR) is 73.3 cm³/mol. The zero-order valence-electron chi connectivity index (χ0n) is 13.4. The summed E-state index contributed by atoms with van der Waals surface area (Å²) in [6.45, 7) is -0.132. The fourth-order valence-corrected chi connectivity index (χ4v) is 4.73. The van der Waals surface area contributed by atoms with Gasteiger partial charge in [-0.25, -0.2) is 13.2 Å². The van der Waals surface area contributed by atoms with Gasteiger partial charge in [-0.1, -0.05) is 0 Å². The van der Waals surface area contributed by atoms with Crippen molar-refractivity contribution >= 4 is 16.0 Å². The molecule has 3 rings (SSSR count). The molecule has 0 aromatic carbocycles. The number of carbonyl (C=O) groups is 1. The highest BCUT2D eigenvalue weighted by molar-refractivity contribution is 7.89. The Morgan fingerprint density at radius 3 is 2.30 bits per heavy atom. The highest BCUT2D eigenvalue weighted by atomic mass is 32.2. The third-order valence-electron chi connectivity index (χ3n) is 4.36. The van der Waals surface area contributed by atoms with Crippen LogP contribution in [0, 0.1) is 5.41 Å². The summed E-state index contributed by atoms with van der Waals surface area (Å²) in [5.74, 6) is -2.58. The number of hydrogen-bond acceptors (Lipinski definition) is 6. The fourth-order valence-electron chi connectivity index (χ4n) is 2.91. The van der Waals surface area contributed by atoms with Crippen molar-refractivity contribution in [2.24, 2.45) is 12.5 Å². The molecule has 15 heteroatoms. The molecule has 0 aliphatic carbocycles. The average Bonchev–Trinajstić information content (AvgIpc) is 2.83. The minimum atomic E-state index is -5.35. The minimum Gasteiger partial charge on any atom is -0.438 e. The van der Waals surface area contributed by atoms with Gasteiger partial charge in [-0.05, 0) is 0 Å². The lowest BCUT2D eigenvalue weighted by Crippen LogP contribution is -2.78. The molecule has 3 heterocycles. The Bertz CT molecular complexity index is 873. The molecule has 27 heavy (non-hydrogen) atoms. The van der Waals surface area contributed by atoms with E-state index in [-0.39, 0.29) is 25.7 Å². The molecule has 2 fully saturated rings. The van der Waals surface area contributed by atoms with Crippen molar-refractivity contribution in [1.82, 2.24) is 19.4 Å². The van der Waals surface area contributed by atoms with Gasteiger partial charge in [0.05, 0.1) is 5.41 Å². The van der Waals surface area contributed by atoms with E-state index in [4.69, 9.17) is 0 Å². The van der Waals surface area contributed by atoms with E-state index in [9.17, 15) is 39.6 Å². The predicted octanol–water partition coefficient (Wildman–Crippen LogP) is 0.464. The first kappa shape index (κ1) is 19.9. The third-order valence-corrected chi connectivity index (χ3v) is 6.21. The molecule has 0 bridgehead atoms. The second kappa shape index (κ2) is 5.81. The van der Waals surface area contributed by atoms with Crippen LogP contribution in [0.15, 0.2) is 11.1 Å². The van der Waals surface area contributed by atoms with Gasteiger partial charge in [-0.2, -0.15) is 35.7 Å². The molecule has 8 nitrogen and oxygen atoms in total. The van der Waals surface area contributed by atoms with Crippen molar-refractivity contribution in [1.29, 1.82) is 0 Å². The molecule has 2 aliphatic heterocycles. The van der Waals surface area contributed by atoms with Gasteiger partial charge in [0.2, 0.25) is 0 Å². The summed E-state index contributed by atoms with van der Waals surface area (Å²) in [6.07, 6.45) is -12.1. The first-order chi connectivity index (χ1) is 12.2. The first-order valence-corrected chi connectivity index (χ1v) is 8.74. The Morgan fingerprint density at radius 2 is 1.89 bits per heavy atom. The van der Waals surface area contributed by atoms with Crippen LogP contribution in [0.1, 0.15) is 5.69 Å². The number of alkyl halides is 6. The maximum atomic E-state index is 12.7. The molecule has 1 aromatic rings. The molecule has 1 N–H and O–H groups in total. The van der Waals surface area contributed by atoms with Gasteiger partial charge < -0.3 is 10.1 Å². The number of hydrogen-bond donors (Lipinski definition) is 1. The maximum absolute atomic E-state index is 12.7. The molecule has 1 unspecified atom stereocenters. The summed E-state index contributed by atoms with van der Waals surface area (Å²) < 4.78 is 106. The molecule has 1 aromatic heterocycles. The van der Waals surface area contributed by atoms with Crippen molar-refractivity contribution < 1.29 is 44.3 Å². The lowest BCUT2D eigenvalue weighted by molar-refractivity contribution is -0.243. The highest BCUT2D eigenvalue weighted by Crippen LogP contribution is 2.46. The van der Waals surface area contributed by atoms with Gasteiger partial charge in [-0.3, -0.25) is 4.68 Å². The smallest absolute Gasteiger partial charge is 0.438 e. The highest BCUT2D eigenvalue weighted by Gasteiger charge is 2.64. The second-order valence-electron chi connectivity index (χ2n) is 6.26. The molecule has 152 valence electrons. The topological polar surface area (TPSA) is 93.5 Å². The number of aromatic nitrogens is 2. The summed E-state index contributed by atoms with van der Waals surface area (Å²) in [6, 6.07) is 0.266. The monoisotopic (exact) mass is 422 g/mol. The van der Waals surface area contributed by atoms with E-state index in [2.05, 4.69) is 15.2 Å². The zero-order chi connectivity index (χ0) is 20.4. The zero-order valence-corrected chi connectivity index (χ0v) is 14.2. The van der Waals surface area contributed by atoms with Crippen LogP contribution in [0.5, 0.6) is 0 Å². The van der Waals surface area contributed by atoms with Crippen LogP contribution in [0.3, 0.4) is 0 Å². The summed E-state index contributed by atoms with van der Waals surface area (Å²) in [7, 11) is -3.75. The van der Waals surface area contributed by atoms with E-state index in [1.807, 2.05) is 0 Å². The average molecular weight is 422 g/mol. The van der Waals surface area contributed by atoms with E-state index in [0.717, 1.165) is 7.05 Å². The summed E-state index contributed by atoms with van der Waals surface area (Å²) in [5, 5.41) is 4.92. The number of rotatable bonds is 3. The van der Waals surface area contributed by atoms with E-state index >= 15 is 0 Å². The van der Waals surface area contributed by atoms with Crippen molar-refractivity contribution in [3.63, 3.8) is 0 Å². The van der Waals surface area contributed by atoms with Gasteiger partial charge in [0.25, 0.3) is 10.0 Å². The molecule has 1 spiro atoms. The Kier molecular flexibility index (Phi) is 4.28. The number of esters is 1. The Balaban J connectivity index is 1.92. The number of sulfonamides is 1. The third kappa shape index (κ3) is 3.16. The SMILES string of the molecule is Cn1nc(C(F)(F)F)cc1S(=O)(=O)N1CC2(CNC2)C1OC(=O)C(F)(F)F. The van der Waals surface area contributed by atoms with Crippen molar-refractivity contribution in [2.75, 3.05) is 19.6 Å². The lowest BCUT2D eigenvalue weighted by atomic mass is 9.74. The molecule has 2 aliphatic rings. The van der Waals surface area contributed by atoms with Gasteiger partial charge >= 0.3 is 18.3 Å². The Morgan fingerprint density at radius 1 is 1.30 bits per heavy atom. The van der Waals surface area contributed by atoms with E-state index < -0.39 is 50.7 Å². The maximum Gasteiger partial charge on any atom is 0.490 e. The van der Waals surface area contributed by atoms with Crippen molar-refractivity contribution in [2.45, 2.75) is 23.6 Å². The normalized spacial score (nSPS) is 23.0. The van der Waals surface area contributed by atoms with E-state index in [1.54, 1.807) is 0 Å². The number of ether oxygens (including phenoxy) is 1. The van der Waals surface area contributed by atoms with Gasteiger partial charge in [-0.15, -0.1) is 0 Å². The van der Waals surface area contributed by atoms with Crippen molar-refractivity contribution in [3.8, 4) is 0 Å². The fraction of sp³-hybridized carbons (Fsp3) is 0.667. The minimum absolute atomic E-state index is 0.0913. The lowest BCUT2D eigenvalue weighted by Gasteiger charge is -2.59. The summed E-state index contributed by atoms with van der Waals surface area (Å²) >= 11 is 0. The molecule has 0 amide bonds. The molecule has 0 saturated carbocycles. The van der Waals surface area contributed by atoms with Crippen molar-refractivity contribution in [3.05, 3.63) is 11.8 Å². The van der Waals surface area contributed by atoms with Crippen LogP contribution in [-0.2, 0) is 32.8 Å². The van der Waals surface area contributed by atoms with E-state index in [0.29, 0.717) is 8.99 Å². The van der Waals surface area contributed by atoms with Crippen LogP contribution in [-0.4, -0.2) is 60.5 Å². The molecular weight excluding hydrogens is 410 g/mol.